The Balaban J connectivity index is 1.47. The molecule has 1 aromatic heterocycles. The molecule has 8 heteroatoms. The standard InChI is InChI=1S/C21H18N4O4/c26-19(13-10-15-8-11-17(12-9-15)25(27)28)24-14-4-7-18(24)21-22-20(23-29-21)16-5-2-1-3-6-16/h1-3,5-6,8-13,18H,4,7,14H2/b13-10+/t18-/m0/s1. The fourth-order valence-corrected chi connectivity index (χ4v) is 3.33. The minimum atomic E-state index is -0.457. The zero-order valence-corrected chi connectivity index (χ0v) is 15.5. The van der Waals surface area contributed by atoms with Crippen molar-refractivity contribution in [3.05, 3.63) is 82.2 Å². The molecule has 2 aromatic carbocycles. The smallest absolute Gasteiger partial charge is 0.269 e. The van der Waals surface area contributed by atoms with Crippen molar-refractivity contribution in [3.8, 4) is 11.4 Å². The number of likely N-dealkylation sites (tertiary alicyclic amines) is 1. The third kappa shape index (κ3) is 4.06. The van der Waals surface area contributed by atoms with Crippen LogP contribution in [0.2, 0.25) is 0 Å². The number of benzene rings is 2. The number of hydrogen-bond donors (Lipinski definition) is 0. The first-order valence-corrected chi connectivity index (χ1v) is 9.24. The van der Waals surface area contributed by atoms with Crippen molar-refractivity contribution < 1.29 is 14.2 Å². The quantitative estimate of drug-likeness (QED) is 0.370. The van der Waals surface area contributed by atoms with Gasteiger partial charge in [0.2, 0.25) is 17.6 Å². The predicted molar refractivity (Wildman–Crippen MR) is 106 cm³/mol. The van der Waals surface area contributed by atoms with E-state index in [0.29, 0.717) is 23.8 Å². The van der Waals surface area contributed by atoms with Crippen LogP contribution in [0.25, 0.3) is 17.5 Å². The molecule has 1 fully saturated rings. The second-order valence-corrected chi connectivity index (χ2v) is 6.69. The van der Waals surface area contributed by atoms with Crippen LogP contribution in [0.4, 0.5) is 5.69 Å². The van der Waals surface area contributed by atoms with Gasteiger partial charge in [0, 0.05) is 30.3 Å². The van der Waals surface area contributed by atoms with Crippen molar-refractivity contribution in [1.82, 2.24) is 15.0 Å². The van der Waals surface area contributed by atoms with Gasteiger partial charge in [0.25, 0.3) is 5.69 Å². The molecule has 0 saturated carbocycles. The third-order valence-electron chi connectivity index (χ3n) is 4.82. The van der Waals surface area contributed by atoms with Crippen LogP contribution in [0.3, 0.4) is 0 Å². The largest absolute Gasteiger partial charge is 0.337 e. The first kappa shape index (κ1) is 18.5. The van der Waals surface area contributed by atoms with Gasteiger partial charge in [-0.3, -0.25) is 14.9 Å². The molecule has 2 heterocycles. The Bertz CT molecular complexity index is 1040. The van der Waals surface area contributed by atoms with Crippen molar-refractivity contribution in [3.63, 3.8) is 0 Å². The molecule has 1 amide bonds. The second-order valence-electron chi connectivity index (χ2n) is 6.69. The van der Waals surface area contributed by atoms with Gasteiger partial charge in [0.15, 0.2) is 0 Å². The Morgan fingerprint density at radius 1 is 1.17 bits per heavy atom. The molecule has 0 N–H and O–H groups in total. The highest BCUT2D eigenvalue weighted by molar-refractivity contribution is 5.92. The van der Waals surface area contributed by atoms with Gasteiger partial charge in [0.1, 0.15) is 6.04 Å². The number of rotatable bonds is 5. The van der Waals surface area contributed by atoms with Gasteiger partial charge in [-0.25, -0.2) is 0 Å². The molecule has 146 valence electrons. The molecule has 1 saturated heterocycles. The predicted octanol–water partition coefficient (Wildman–Crippen LogP) is 4.02. The van der Waals surface area contributed by atoms with Crippen LogP contribution in [0.15, 0.2) is 65.2 Å². The molecule has 0 aliphatic carbocycles. The lowest BCUT2D eigenvalue weighted by molar-refractivity contribution is -0.384. The van der Waals surface area contributed by atoms with Gasteiger partial charge in [-0.2, -0.15) is 4.98 Å². The summed E-state index contributed by atoms with van der Waals surface area (Å²) in [6.45, 7) is 0.608. The maximum absolute atomic E-state index is 12.7. The molecule has 1 atom stereocenters. The van der Waals surface area contributed by atoms with Crippen LogP contribution < -0.4 is 0 Å². The molecule has 0 radical (unpaired) electrons. The Labute approximate surface area is 166 Å². The van der Waals surface area contributed by atoms with Gasteiger partial charge in [-0.15, -0.1) is 0 Å². The van der Waals surface area contributed by atoms with Crippen LogP contribution in [0.5, 0.6) is 0 Å². The lowest BCUT2D eigenvalue weighted by Crippen LogP contribution is -2.29. The van der Waals surface area contributed by atoms with E-state index < -0.39 is 4.92 Å². The molecular weight excluding hydrogens is 372 g/mol. The molecule has 3 aromatic rings. The average molecular weight is 390 g/mol. The summed E-state index contributed by atoms with van der Waals surface area (Å²) in [5.41, 5.74) is 1.58. The monoisotopic (exact) mass is 390 g/mol. The molecule has 4 rings (SSSR count). The fraction of sp³-hybridized carbons (Fsp3) is 0.190. The average Bonchev–Trinajstić information content (AvgIpc) is 3.42. The summed E-state index contributed by atoms with van der Waals surface area (Å²) in [7, 11) is 0. The van der Waals surface area contributed by atoms with Gasteiger partial charge in [0.05, 0.1) is 4.92 Å². The lowest BCUT2D eigenvalue weighted by Gasteiger charge is -2.20. The van der Waals surface area contributed by atoms with E-state index in [1.54, 1.807) is 23.1 Å². The number of amides is 1. The summed E-state index contributed by atoms with van der Waals surface area (Å²) in [4.78, 5) is 29.2. The lowest BCUT2D eigenvalue weighted by atomic mass is 10.2. The molecule has 1 aliphatic rings. The molecule has 0 unspecified atom stereocenters. The van der Waals surface area contributed by atoms with Crippen molar-refractivity contribution in [2.45, 2.75) is 18.9 Å². The molecule has 0 spiro atoms. The third-order valence-corrected chi connectivity index (χ3v) is 4.82. The molecule has 0 bridgehead atoms. The summed E-state index contributed by atoms with van der Waals surface area (Å²) in [5.74, 6) is 0.769. The maximum Gasteiger partial charge on any atom is 0.269 e. The van der Waals surface area contributed by atoms with E-state index in [1.165, 1.54) is 18.2 Å². The van der Waals surface area contributed by atoms with E-state index in [9.17, 15) is 14.9 Å². The number of hydrogen-bond acceptors (Lipinski definition) is 6. The summed E-state index contributed by atoms with van der Waals surface area (Å²) in [5, 5.41) is 14.8. The Morgan fingerprint density at radius 2 is 1.93 bits per heavy atom. The topological polar surface area (TPSA) is 102 Å². The SMILES string of the molecule is O=C(/C=C/c1ccc([N+](=O)[O-])cc1)N1CCC[C@H]1c1nc(-c2ccccc2)no1. The normalized spacial score (nSPS) is 16.4. The van der Waals surface area contributed by atoms with E-state index in [-0.39, 0.29) is 17.6 Å². The molecule has 29 heavy (non-hydrogen) atoms. The first-order valence-electron chi connectivity index (χ1n) is 9.24. The summed E-state index contributed by atoms with van der Waals surface area (Å²) < 4.78 is 5.44. The summed E-state index contributed by atoms with van der Waals surface area (Å²) in [6.07, 6.45) is 4.72. The van der Waals surface area contributed by atoms with Crippen molar-refractivity contribution in [2.24, 2.45) is 0 Å². The number of non-ortho nitro benzene ring substituents is 1. The summed E-state index contributed by atoms with van der Waals surface area (Å²) >= 11 is 0. The fourth-order valence-electron chi connectivity index (χ4n) is 3.33. The Morgan fingerprint density at radius 3 is 2.66 bits per heavy atom. The van der Waals surface area contributed by atoms with E-state index in [0.717, 1.165) is 18.4 Å². The van der Waals surface area contributed by atoms with Crippen molar-refractivity contribution >= 4 is 17.7 Å². The number of aromatic nitrogens is 2. The van der Waals surface area contributed by atoms with Crippen molar-refractivity contribution in [2.75, 3.05) is 6.54 Å². The van der Waals surface area contributed by atoms with E-state index >= 15 is 0 Å². The van der Waals surface area contributed by atoms with Crippen LogP contribution in [0.1, 0.15) is 30.3 Å². The zero-order valence-electron chi connectivity index (χ0n) is 15.5. The summed E-state index contributed by atoms with van der Waals surface area (Å²) in [6, 6.07) is 15.3. The highest BCUT2D eigenvalue weighted by Gasteiger charge is 2.33. The number of nitro benzene ring substituents is 1. The minimum absolute atomic E-state index is 0.0127. The molecule has 8 nitrogen and oxygen atoms in total. The highest BCUT2D eigenvalue weighted by atomic mass is 16.6. The first-order chi connectivity index (χ1) is 14.1. The van der Waals surface area contributed by atoms with Crippen LogP contribution in [0, 0.1) is 10.1 Å². The number of carbonyl (C=O) groups is 1. The highest BCUT2D eigenvalue weighted by Crippen LogP contribution is 2.32. The maximum atomic E-state index is 12.7. The Kier molecular flexibility index (Phi) is 5.15. The van der Waals surface area contributed by atoms with Gasteiger partial charge >= 0.3 is 0 Å². The molecule has 1 aliphatic heterocycles. The van der Waals surface area contributed by atoms with E-state index in [1.807, 2.05) is 30.3 Å². The zero-order chi connectivity index (χ0) is 20.2. The van der Waals surface area contributed by atoms with E-state index in [4.69, 9.17) is 4.52 Å². The van der Waals surface area contributed by atoms with Crippen LogP contribution in [-0.2, 0) is 4.79 Å². The Hall–Kier alpha value is -3.81. The van der Waals surface area contributed by atoms with Gasteiger partial charge < -0.3 is 9.42 Å². The van der Waals surface area contributed by atoms with Crippen LogP contribution >= 0.6 is 0 Å². The number of carbonyl (C=O) groups excluding carboxylic acids is 1. The van der Waals surface area contributed by atoms with E-state index in [2.05, 4.69) is 10.1 Å². The van der Waals surface area contributed by atoms with Crippen molar-refractivity contribution in [1.29, 1.82) is 0 Å². The minimum Gasteiger partial charge on any atom is -0.337 e. The van der Waals surface area contributed by atoms with Gasteiger partial charge in [-0.1, -0.05) is 35.5 Å². The number of nitro groups is 1. The van der Waals surface area contributed by atoms with Crippen LogP contribution in [-0.4, -0.2) is 32.4 Å². The second kappa shape index (κ2) is 8.05. The number of nitrogens with zero attached hydrogens (tertiary/aromatic N) is 4. The van der Waals surface area contributed by atoms with Gasteiger partial charge in [-0.05, 0) is 36.6 Å². The molecular formula is C21H18N4O4.